The normalized spacial score (nSPS) is 12.1. The van der Waals surface area contributed by atoms with Crippen LogP contribution in [0.4, 0.5) is 0 Å². The molecule has 0 spiro atoms. The largest absolute Gasteiger partial charge is 0.387 e. The van der Waals surface area contributed by atoms with Gasteiger partial charge >= 0.3 is 5.69 Å². The fraction of sp³-hybridized carbons (Fsp3) is 0.200. The molecule has 1 heterocycles. The van der Waals surface area contributed by atoms with Gasteiger partial charge in [-0.25, -0.2) is 4.79 Å². The molecule has 0 amide bonds. The second-order valence-electron chi connectivity index (χ2n) is 6.07. The number of nitrogens with zero attached hydrogens (tertiary/aromatic N) is 2. The quantitative estimate of drug-likeness (QED) is 0.729. The number of Topliss-reactive ketones (excluding diaryl/α,β-unsaturated/α-hetero) is 1. The van der Waals surface area contributed by atoms with Crippen LogP contribution in [0.2, 0.25) is 0 Å². The van der Waals surface area contributed by atoms with E-state index in [4.69, 9.17) is 0 Å². The average Bonchev–Trinajstić information content (AvgIpc) is 2.89. The number of hydrogen-bond acceptors (Lipinski definition) is 3. The molecule has 0 saturated heterocycles. The first kappa shape index (κ1) is 16.9. The van der Waals surface area contributed by atoms with Gasteiger partial charge in [0.25, 0.3) is 0 Å². The highest BCUT2D eigenvalue weighted by atomic mass is 16.3. The molecule has 128 valence electrons. The third-order valence-corrected chi connectivity index (χ3v) is 4.22. The highest BCUT2D eigenvalue weighted by molar-refractivity contribution is 5.94. The number of benzene rings is 2. The average molecular weight is 336 g/mol. The molecule has 0 aliphatic rings. The van der Waals surface area contributed by atoms with Gasteiger partial charge in [0.1, 0.15) is 0 Å². The molecule has 0 aliphatic heterocycles. The van der Waals surface area contributed by atoms with Crippen molar-refractivity contribution >= 4 is 5.78 Å². The zero-order valence-corrected chi connectivity index (χ0v) is 14.2. The molecule has 3 aromatic rings. The molecule has 0 bridgehead atoms. The maximum absolute atomic E-state index is 12.7. The second-order valence-corrected chi connectivity index (χ2v) is 6.07. The van der Waals surface area contributed by atoms with E-state index in [1.54, 1.807) is 35.0 Å². The summed E-state index contributed by atoms with van der Waals surface area (Å²) in [6.45, 7) is 3.53. The lowest BCUT2D eigenvalue weighted by molar-refractivity contribution is 0.101. The highest BCUT2D eigenvalue weighted by Gasteiger charge is 2.14. The summed E-state index contributed by atoms with van der Waals surface area (Å²) >= 11 is 0. The minimum Gasteiger partial charge on any atom is -0.387 e. The van der Waals surface area contributed by atoms with Gasteiger partial charge in [-0.2, -0.15) is 0 Å². The Morgan fingerprint density at radius 1 is 1.08 bits per heavy atom. The SMILES string of the molecule is CC(=O)c1ccc(-n2c(C)cn(C[C@H](O)c3ccccc3)c2=O)cc1. The number of aromatic nitrogens is 2. The predicted molar refractivity (Wildman–Crippen MR) is 96.2 cm³/mol. The summed E-state index contributed by atoms with van der Waals surface area (Å²) < 4.78 is 3.08. The molecule has 1 aromatic heterocycles. The van der Waals surface area contributed by atoms with Crippen molar-refractivity contribution in [3.63, 3.8) is 0 Å². The van der Waals surface area contributed by atoms with Gasteiger partial charge in [0, 0.05) is 17.5 Å². The number of rotatable bonds is 5. The van der Waals surface area contributed by atoms with Crippen molar-refractivity contribution in [1.82, 2.24) is 9.13 Å². The van der Waals surface area contributed by atoms with Gasteiger partial charge in [-0.05, 0) is 43.7 Å². The Bertz CT molecular complexity index is 937. The molecule has 2 aromatic carbocycles. The molecule has 3 rings (SSSR count). The Labute approximate surface area is 145 Å². The van der Waals surface area contributed by atoms with Gasteiger partial charge in [0.15, 0.2) is 5.78 Å². The Morgan fingerprint density at radius 3 is 2.32 bits per heavy atom. The van der Waals surface area contributed by atoms with Crippen LogP contribution in [0.1, 0.15) is 34.6 Å². The van der Waals surface area contributed by atoms with Crippen molar-refractivity contribution in [2.45, 2.75) is 26.5 Å². The molecular weight excluding hydrogens is 316 g/mol. The molecule has 0 aliphatic carbocycles. The topological polar surface area (TPSA) is 64.2 Å². The van der Waals surface area contributed by atoms with Crippen molar-refractivity contribution in [2.75, 3.05) is 0 Å². The first-order valence-electron chi connectivity index (χ1n) is 8.10. The third-order valence-electron chi connectivity index (χ3n) is 4.22. The van der Waals surface area contributed by atoms with Gasteiger partial charge in [-0.1, -0.05) is 30.3 Å². The lowest BCUT2D eigenvalue weighted by Crippen LogP contribution is -2.25. The van der Waals surface area contributed by atoms with Crippen LogP contribution in [-0.4, -0.2) is 20.0 Å². The zero-order chi connectivity index (χ0) is 18.0. The Kier molecular flexibility index (Phi) is 4.67. The van der Waals surface area contributed by atoms with E-state index in [2.05, 4.69) is 0 Å². The Balaban J connectivity index is 1.91. The summed E-state index contributed by atoms with van der Waals surface area (Å²) in [5.74, 6) is -0.0147. The van der Waals surface area contributed by atoms with Crippen LogP contribution in [0.25, 0.3) is 5.69 Å². The van der Waals surface area contributed by atoms with E-state index in [1.807, 2.05) is 37.3 Å². The summed E-state index contributed by atoms with van der Waals surface area (Å²) in [6.07, 6.45) is 0.974. The Hall–Kier alpha value is -2.92. The number of ketones is 1. The second kappa shape index (κ2) is 6.91. The van der Waals surface area contributed by atoms with Crippen molar-refractivity contribution in [3.05, 3.63) is 88.1 Å². The van der Waals surface area contributed by atoms with Crippen LogP contribution < -0.4 is 5.69 Å². The smallest absolute Gasteiger partial charge is 0.333 e. The molecular formula is C20H20N2O3. The van der Waals surface area contributed by atoms with Gasteiger partial charge in [0.05, 0.1) is 18.3 Å². The molecule has 1 N–H and O–H groups in total. The van der Waals surface area contributed by atoms with Crippen LogP contribution >= 0.6 is 0 Å². The summed E-state index contributed by atoms with van der Waals surface area (Å²) in [7, 11) is 0. The molecule has 0 radical (unpaired) electrons. The Morgan fingerprint density at radius 2 is 1.72 bits per heavy atom. The van der Waals surface area contributed by atoms with E-state index in [1.165, 1.54) is 11.5 Å². The zero-order valence-electron chi connectivity index (χ0n) is 14.2. The summed E-state index contributed by atoms with van der Waals surface area (Å²) in [5.41, 5.74) is 2.61. The first-order valence-corrected chi connectivity index (χ1v) is 8.10. The molecule has 5 heteroatoms. The van der Waals surface area contributed by atoms with Gasteiger partial charge in [-0.15, -0.1) is 0 Å². The third kappa shape index (κ3) is 3.46. The van der Waals surface area contributed by atoms with E-state index < -0.39 is 6.10 Å². The maximum Gasteiger partial charge on any atom is 0.333 e. The molecule has 0 unspecified atom stereocenters. The minimum atomic E-state index is -0.755. The van der Waals surface area contributed by atoms with E-state index >= 15 is 0 Å². The number of aliphatic hydroxyl groups excluding tert-OH is 1. The number of carbonyl (C=O) groups excluding carboxylic acids is 1. The number of aliphatic hydroxyl groups is 1. The van der Waals surface area contributed by atoms with E-state index in [0.717, 1.165) is 11.3 Å². The summed E-state index contributed by atoms with van der Waals surface area (Å²) in [6, 6.07) is 16.2. The molecule has 25 heavy (non-hydrogen) atoms. The van der Waals surface area contributed by atoms with Gasteiger partial charge in [0.2, 0.25) is 0 Å². The molecule has 0 fully saturated rings. The maximum atomic E-state index is 12.7. The molecule has 5 nitrogen and oxygen atoms in total. The van der Waals surface area contributed by atoms with Crippen molar-refractivity contribution in [2.24, 2.45) is 0 Å². The minimum absolute atomic E-state index is 0.0147. The fourth-order valence-electron chi connectivity index (χ4n) is 2.87. The monoisotopic (exact) mass is 336 g/mol. The van der Waals surface area contributed by atoms with Crippen LogP contribution in [0, 0.1) is 6.92 Å². The van der Waals surface area contributed by atoms with Crippen LogP contribution in [0.15, 0.2) is 65.6 Å². The standard InChI is InChI=1S/C20H20N2O3/c1-14-12-21(13-19(24)17-6-4-3-5-7-17)20(25)22(14)18-10-8-16(9-11-18)15(2)23/h3-12,19,24H,13H2,1-2H3/t19-/m0/s1. The number of carbonyl (C=O) groups is 1. The van der Waals surface area contributed by atoms with E-state index in [9.17, 15) is 14.7 Å². The molecule has 1 atom stereocenters. The van der Waals surface area contributed by atoms with Crippen molar-refractivity contribution in [1.29, 1.82) is 0 Å². The predicted octanol–water partition coefficient (Wildman–Crippen LogP) is 2.88. The fourth-order valence-corrected chi connectivity index (χ4v) is 2.87. The van der Waals surface area contributed by atoms with Crippen LogP contribution in [-0.2, 0) is 6.54 Å². The lowest BCUT2D eigenvalue weighted by Gasteiger charge is -2.11. The van der Waals surface area contributed by atoms with Gasteiger partial charge in [-0.3, -0.25) is 13.9 Å². The van der Waals surface area contributed by atoms with Crippen molar-refractivity contribution in [3.8, 4) is 5.69 Å². The van der Waals surface area contributed by atoms with Crippen molar-refractivity contribution < 1.29 is 9.90 Å². The summed E-state index contributed by atoms with van der Waals surface area (Å²) in [4.78, 5) is 24.1. The number of hydrogen-bond donors (Lipinski definition) is 1. The lowest BCUT2D eigenvalue weighted by atomic mass is 10.1. The van der Waals surface area contributed by atoms with Crippen LogP contribution in [0.5, 0.6) is 0 Å². The summed E-state index contributed by atoms with van der Waals surface area (Å²) in [5, 5.41) is 10.4. The van der Waals surface area contributed by atoms with E-state index in [0.29, 0.717) is 11.3 Å². The number of aryl methyl sites for hydroxylation is 1. The highest BCUT2D eigenvalue weighted by Crippen LogP contribution is 2.16. The van der Waals surface area contributed by atoms with E-state index in [-0.39, 0.29) is 18.0 Å². The van der Waals surface area contributed by atoms with Crippen LogP contribution in [0.3, 0.4) is 0 Å². The van der Waals surface area contributed by atoms with Gasteiger partial charge < -0.3 is 5.11 Å². The number of imidazole rings is 1. The molecule has 0 saturated carbocycles. The first-order chi connectivity index (χ1) is 12.0.